The molecular weight excluding hydrogens is 422 g/mol. The molecule has 1 amide bonds. The molecular formula is C24H29N5O2S. The molecule has 2 aromatic carbocycles. The predicted molar refractivity (Wildman–Crippen MR) is 129 cm³/mol. The van der Waals surface area contributed by atoms with Crippen molar-refractivity contribution in [3.63, 3.8) is 0 Å². The number of nitrogens with one attached hydrogen (secondary N) is 2. The highest BCUT2D eigenvalue weighted by atomic mass is 32.2. The molecule has 168 valence electrons. The number of ether oxygens (including phenoxy) is 1. The molecule has 2 N–H and O–H groups in total. The van der Waals surface area contributed by atoms with Crippen molar-refractivity contribution in [1.82, 2.24) is 20.1 Å². The molecule has 0 unspecified atom stereocenters. The van der Waals surface area contributed by atoms with Gasteiger partial charge in [0.25, 0.3) is 0 Å². The normalized spacial score (nSPS) is 10.6. The molecule has 0 aliphatic heterocycles. The summed E-state index contributed by atoms with van der Waals surface area (Å²) in [7, 11) is 1.63. The molecule has 7 nitrogen and oxygen atoms in total. The minimum Gasteiger partial charge on any atom is -0.496 e. The number of hydrogen-bond acceptors (Lipinski definition) is 6. The summed E-state index contributed by atoms with van der Waals surface area (Å²) < 4.78 is 7.34. The highest BCUT2D eigenvalue weighted by molar-refractivity contribution is 7.99. The fraction of sp³-hybridized carbons (Fsp3) is 0.292. The molecule has 0 aliphatic rings. The Balaban J connectivity index is 1.50. The Hall–Kier alpha value is -3.26. The van der Waals surface area contributed by atoms with E-state index in [4.69, 9.17) is 4.74 Å². The summed E-state index contributed by atoms with van der Waals surface area (Å²) in [5.74, 6) is 2.19. The summed E-state index contributed by atoms with van der Waals surface area (Å²) in [6.07, 6.45) is 2.21. The molecule has 0 atom stereocenters. The van der Waals surface area contributed by atoms with Gasteiger partial charge in [-0.15, -0.1) is 16.8 Å². The molecule has 0 spiro atoms. The SMILES string of the molecule is C=CCn1c(CNc2ccc(C)cc2)nnc1SCCC(=O)NCc1ccccc1OC. The van der Waals surface area contributed by atoms with Crippen molar-refractivity contribution in [1.29, 1.82) is 0 Å². The van der Waals surface area contributed by atoms with Crippen LogP contribution in [-0.4, -0.2) is 33.5 Å². The fourth-order valence-electron chi connectivity index (χ4n) is 3.09. The van der Waals surface area contributed by atoms with Gasteiger partial charge in [0.15, 0.2) is 11.0 Å². The van der Waals surface area contributed by atoms with Crippen LogP contribution in [0.25, 0.3) is 0 Å². The monoisotopic (exact) mass is 451 g/mol. The molecule has 3 aromatic rings. The average molecular weight is 452 g/mol. The van der Waals surface area contributed by atoms with E-state index in [-0.39, 0.29) is 5.91 Å². The Kier molecular flexibility index (Phi) is 8.74. The number of aromatic nitrogens is 3. The number of anilines is 1. The van der Waals surface area contributed by atoms with Crippen LogP contribution in [0.3, 0.4) is 0 Å². The van der Waals surface area contributed by atoms with E-state index >= 15 is 0 Å². The summed E-state index contributed by atoms with van der Waals surface area (Å²) in [5.41, 5.74) is 3.20. The Morgan fingerprint density at radius 3 is 2.69 bits per heavy atom. The Labute approximate surface area is 193 Å². The van der Waals surface area contributed by atoms with Crippen molar-refractivity contribution < 1.29 is 9.53 Å². The van der Waals surface area contributed by atoms with Crippen molar-refractivity contribution >= 4 is 23.4 Å². The average Bonchev–Trinajstić information content (AvgIpc) is 3.19. The van der Waals surface area contributed by atoms with Gasteiger partial charge in [0.1, 0.15) is 5.75 Å². The van der Waals surface area contributed by atoms with Crippen LogP contribution < -0.4 is 15.4 Å². The summed E-state index contributed by atoms with van der Waals surface area (Å²) in [6.45, 7) is 7.51. The van der Waals surface area contributed by atoms with E-state index in [1.54, 1.807) is 7.11 Å². The predicted octanol–water partition coefficient (Wildman–Crippen LogP) is 4.19. The van der Waals surface area contributed by atoms with E-state index < -0.39 is 0 Å². The van der Waals surface area contributed by atoms with Gasteiger partial charge >= 0.3 is 0 Å². The second kappa shape index (κ2) is 12.0. The first-order chi connectivity index (χ1) is 15.6. The zero-order valence-electron chi connectivity index (χ0n) is 18.5. The standard InChI is InChI=1S/C24H29N5O2S/c1-4-14-29-22(17-25-20-11-9-18(2)10-12-20)27-28-24(29)32-15-13-23(30)26-16-19-7-5-6-8-21(19)31-3/h4-12,25H,1,13-17H2,2-3H3,(H,26,30). The largest absolute Gasteiger partial charge is 0.496 e. The van der Waals surface area contributed by atoms with Gasteiger partial charge in [0, 0.05) is 36.5 Å². The van der Waals surface area contributed by atoms with Crippen molar-refractivity contribution in [3.05, 3.63) is 78.1 Å². The topological polar surface area (TPSA) is 81.1 Å². The summed E-state index contributed by atoms with van der Waals surface area (Å²) >= 11 is 1.52. The second-order valence-corrected chi connectivity index (χ2v) is 8.27. The number of thioether (sulfide) groups is 1. The molecule has 0 fully saturated rings. The molecule has 0 radical (unpaired) electrons. The third-order valence-electron chi connectivity index (χ3n) is 4.84. The van der Waals surface area contributed by atoms with Gasteiger partial charge in [-0.25, -0.2) is 0 Å². The number of para-hydroxylation sites is 1. The zero-order valence-corrected chi connectivity index (χ0v) is 19.3. The fourth-order valence-corrected chi connectivity index (χ4v) is 3.99. The maximum atomic E-state index is 12.3. The number of nitrogens with zero attached hydrogens (tertiary/aromatic N) is 3. The number of amides is 1. The number of rotatable bonds is 12. The van der Waals surface area contributed by atoms with E-state index in [2.05, 4.69) is 46.5 Å². The van der Waals surface area contributed by atoms with Gasteiger partial charge < -0.3 is 19.9 Å². The minimum atomic E-state index is -0.0144. The first-order valence-electron chi connectivity index (χ1n) is 10.5. The van der Waals surface area contributed by atoms with Crippen LogP contribution in [0.2, 0.25) is 0 Å². The Morgan fingerprint density at radius 2 is 1.94 bits per heavy atom. The van der Waals surface area contributed by atoms with Crippen molar-refractivity contribution in [2.45, 2.75) is 38.1 Å². The van der Waals surface area contributed by atoms with Gasteiger partial charge in [-0.05, 0) is 25.1 Å². The highest BCUT2D eigenvalue weighted by Gasteiger charge is 2.13. The minimum absolute atomic E-state index is 0.0144. The van der Waals surface area contributed by atoms with Crippen LogP contribution in [0, 0.1) is 6.92 Å². The lowest BCUT2D eigenvalue weighted by atomic mass is 10.2. The smallest absolute Gasteiger partial charge is 0.221 e. The van der Waals surface area contributed by atoms with Crippen molar-refractivity contribution in [3.8, 4) is 5.75 Å². The van der Waals surface area contributed by atoms with Crippen LogP contribution >= 0.6 is 11.8 Å². The van der Waals surface area contributed by atoms with E-state index in [1.807, 2.05) is 47.0 Å². The van der Waals surface area contributed by atoms with Crippen LogP contribution in [-0.2, 0) is 24.4 Å². The third-order valence-corrected chi connectivity index (χ3v) is 5.80. The van der Waals surface area contributed by atoms with Crippen LogP contribution in [0.1, 0.15) is 23.4 Å². The van der Waals surface area contributed by atoms with Gasteiger partial charge in [0.05, 0.1) is 13.7 Å². The van der Waals surface area contributed by atoms with Gasteiger partial charge in [0.2, 0.25) is 5.91 Å². The lowest BCUT2D eigenvalue weighted by molar-refractivity contribution is -0.120. The van der Waals surface area contributed by atoms with Crippen molar-refractivity contribution in [2.24, 2.45) is 0 Å². The second-order valence-electron chi connectivity index (χ2n) is 7.20. The number of carbonyl (C=O) groups is 1. The number of allylic oxidation sites excluding steroid dienone is 1. The summed E-state index contributed by atoms with van der Waals surface area (Å²) in [6, 6.07) is 15.9. The van der Waals surface area contributed by atoms with E-state index in [9.17, 15) is 4.79 Å². The lowest BCUT2D eigenvalue weighted by Crippen LogP contribution is -2.23. The molecule has 1 heterocycles. The first-order valence-corrected chi connectivity index (χ1v) is 11.4. The molecule has 1 aromatic heterocycles. The number of aryl methyl sites for hydroxylation is 1. The number of methoxy groups -OCH3 is 1. The molecule has 0 saturated heterocycles. The van der Waals surface area contributed by atoms with Crippen LogP contribution in [0.5, 0.6) is 5.75 Å². The Bertz CT molecular complexity index is 1030. The van der Waals surface area contributed by atoms with E-state index in [0.717, 1.165) is 28.0 Å². The van der Waals surface area contributed by atoms with Crippen molar-refractivity contribution in [2.75, 3.05) is 18.2 Å². The molecule has 0 saturated carbocycles. The lowest BCUT2D eigenvalue weighted by Gasteiger charge is -2.10. The van der Waals surface area contributed by atoms with E-state index in [0.29, 0.717) is 31.8 Å². The Morgan fingerprint density at radius 1 is 1.16 bits per heavy atom. The zero-order chi connectivity index (χ0) is 22.8. The number of hydrogen-bond donors (Lipinski definition) is 2. The van der Waals surface area contributed by atoms with Gasteiger partial charge in [-0.1, -0.05) is 53.7 Å². The molecule has 8 heteroatoms. The summed E-state index contributed by atoms with van der Waals surface area (Å²) in [4.78, 5) is 12.3. The van der Waals surface area contributed by atoms with E-state index in [1.165, 1.54) is 17.3 Å². The van der Waals surface area contributed by atoms with Crippen LogP contribution in [0.15, 0.2) is 66.3 Å². The van der Waals surface area contributed by atoms with Gasteiger partial charge in [-0.3, -0.25) is 4.79 Å². The van der Waals surface area contributed by atoms with Gasteiger partial charge in [-0.2, -0.15) is 0 Å². The third kappa shape index (κ3) is 6.62. The molecule has 0 aliphatic carbocycles. The first kappa shape index (κ1) is 23.4. The molecule has 32 heavy (non-hydrogen) atoms. The quantitative estimate of drug-likeness (QED) is 0.317. The number of carbonyl (C=O) groups excluding carboxylic acids is 1. The maximum Gasteiger partial charge on any atom is 0.221 e. The summed E-state index contributed by atoms with van der Waals surface area (Å²) in [5, 5.41) is 15.7. The maximum absolute atomic E-state index is 12.3. The number of benzene rings is 2. The highest BCUT2D eigenvalue weighted by Crippen LogP contribution is 2.20. The van der Waals surface area contributed by atoms with Crippen LogP contribution in [0.4, 0.5) is 5.69 Å². The molecule has 0 bridgehead atoms. The molecule has 3 rings (SSSR count).